The molecule has 0 spiro atoms. The number of benzene rings is 1. The Kier molecular flexibility index (Phi) is 4.24. The molecule has 0 unspecified atom stereocenters. The molecule has 2 aromatic rings. The van der Waals surface area contributed by atoms with Gasteiger partial charge in [0.2, 0.25) is 5.91 Å². The molecule has 1 aromatic carbocycles. The van der Waals surface area contributed by atoms with Crippen LogP contribution in [-0.4, -0.2) is 11.8 Å². The zero-order chi connectivity index (χ0) is 15.4. The number of nitrogens with one attached hydrogen (secondary N) is 1. The predicted molar refractivity (Wildman–Crippen MR) is 74.4 cm³/mol. The number of rotatable bonds is 5. The molecule has 0 fully saturated rings. The summed E-state index contributed by atoms with van der Waals surface area (Å²) >= 11 is 0. The van der Waals surface area contributed by atoms with Gasteiger partial charge in [0.05, 0.1) is 5.56 Å². The third kappa shape index (κ3) is 3.40. The fourth-order valence-corrected chi connectivity index (χ4v) is 1.79. The summed E-state index contributed by atoms with van der Waals surface area (Å²) in [6.45, 7) is 1.81. The first-order valence-electron chi connectivity index (χ1n) is 6.14. The van der Waals surface area contributed by atoms with Gasteiger partial charge < -0.3 is 14.9 Å². The van der Waals surface area contributed by atoms with E-state index in [-0.39, 0.29) is 6.61 Å². The number of nitrogens with two attached hydrogens (primary N) is 2. The molecular weight excluding hydrogens is 274 g/mol. The first-order valence-corrected chi connectivity index (χ1v) is 6.14. The molecule has 0 aliphatic rings. The largest absolute Gasteiger partial charge is 0.486 e. The van der Waals surface area contributed by atoms with Gasteiger partial charge in [-0.3, -0.25) is 15.0 Å². The van der Waals surface area contributed by atoms with Crippen LogP contribution in [0.4, 0.5) is 0 Å². The van der Waals surface area contributed by atoms with E-state index in [2.05, 4.69) is 0 Å². The maximum absolute atomic E-state index is 11.4. The molecule has 0 saturated heterocycles. The number of hydrogen-bond acceptors (Lipinski definition) is 5. The number of ether oxygens (including phenoxy) is 1. The van der Waals surface area contributed by atoms with Crippen LogP contribution >= 0.6 is 0 Å². The number of carbonyl (C=O) groups is 2. The van der Waals surface area contributed by atoms with Crippen LogP contribution in [0.5, 0.6) is 5.75 Å². The number of hydrazine groups is 1. The summed E-state index contributed by atoms with van der Waals surface area (Å²) in [5.74, 6) is 5.66. The second-order valence-electron chi connectivity index (χ2n) is 4.33. The number of amides is 2. The Morgan fingerprint density at radius 1 is 1.29 bits per heavy atom. The zero-order valence-corrected chi connectivity index (χ0v) is 11.4. The minimum atomic E-state index is -0.499. The molecular formula is C14H15N3O4. The molecule has 2 amide bonds. The summed E-state index contributed by atoms with van der Waals surface area (Å²) in [5, 5.41) is 0. The lowest BCUT2D eigenvalue weighted by atomic mass is 10.2. The molecule has 110 valence electrons. The zero-order valence-electron chi connectivity index (χ0n) is 11.4. The molecule has 0 atom stereocenters. The molecule has 1 aromatic heterocycles. The number of primary amides is 1. The molecule has 21 heavy (non-hydrogen) atoms. The minimum absolute atomic E-state index is 0.147. The molecule has 1 heterocycles. The SMILES string of the molecule is Cc1oc(COc2ccc(C(N)=O)cc2)cc1C(=O)NN. The normalized spacial score (nSPS) is 10.2. The van der Waals surface area contributed by atoms with Crippen molar-refractivity contribution in [1.82, 2.24) is 5.43 Å². The van der Waals surface area contributed by atoms with Crippen LogP contribution in [-0.2, 0) is 6.61 Å². The van der Waals surface area contributed by atoms with Gasteiger partial charge in [0.25, 0.3) is 5.91 Å². The van der Waals surface area contributed by atoms with Gasteiger partial charge in [-0.25, -0.2) is 5.84 Å². The standard InChI is InChI=1S/C14H15N3O4/c1-8-12(14(19)17-16)6-11(21-8)7-20-10-4-2-9(3-5-10)13(15)18/h2-6H,7,16H2,1H3,(H2,15,18)(H,17,19). The molecule has 0 saturated carbocycles. The summed E-state index contributed by atoms with van der Waals surface area (Å²) in [4.78, 5) is 22.4. The van der Waals surface area contributed by atoms with Crippen LogP contribution in [0.2, 0.25) is 0 Å². The number of aryl methyl sites for hydroxylation is 1. The van der Waals surface area contributed by atoms with Gasteiger partial charge in [0, 0.05) is 5.56 Å². The van der Waals surface area contributed by atoms with Crippen molar-refractivity contribution in [3.63, 3.8) is 0 Å². The van der Waals surface area contributed by atoms with E-state index in [0.717, 1.165) is 0 Å². The van der Waals surface area contributed by atoms with Crippen molar-refractivity contribution in [2.24, 2.45) is 11.6 Å². The average Bonchev–Trinajstić information content (AvgIpc) is 2.86. The number of hydrogen-bond donors (Lipinski definition) is 3. The lowest BCUT2D eigenvalue weighted by Crippen LogP contribution is -2.30. The summed E-state index contributed by atoms with van der Waals surface area (Å²) in [5.41, 5.74) is 7.95. The molecule has 0 radical (unpaired) electrons. The van der Waals surface area contributed by atoms with E-state index in [4.69, 9.17) is 20.7 Å². The molecule has 5 N–H and O–H groups in total. The highest BCUT2D eigenvalue weighted by atomic mass is 16.5. The van der Waals surface area contributed by atoms with Gasteiger partial charge in [-0.2, -0.15) is 0 Å². The van der Waals surface area contributed by atoms with Crippen molar-refractivity contribution >= 4 is 11.8 Å². The summed E-state index contributed by atoms with van der Waals surface area (Å²) in [6, 6.07) is 7.96. The maximum atomic E-state index is 11.4. The third-order valence-corrected chi connectivity index (χ3v) is 2.86. The highest BCUT2D eigenvalue weighted by molar-refractivity contribution is 5.94. The molecule has 0 bridgehead atoms. The van der Waals surface area contributed by atoms with Gasteiger partial charge in [-0.15, -0.1) is 0 Å². The Balaban J connectivity index is 2.03. The lowest BCUT2D eigenvalue weighted by Gasteiger charge is -2.04. The topological polar surface area (TPSA) is 121 Å². The summed E-state index contributed by atoms with van der Waals surface area (Å²) in [6.07, 6.45) is 0. The van der Waals surface area contributed by atoms with Crippen molar-refractivity contribution in [2.75, 3.05) is 0 Å². The Labute approximate surface area is 120 Å². The molecule has 0 aliphatic heterocycles. The Morgan fingerprint density at radius 2 is 1.95 bits per heavy atom. The van der Waals surface area contributed by atoms with E-state index in [9.17, 15) is 9.59 Å². The predicted octanol–water partition coefficient (Wildman–Crippen LogP) is 0.869. The van der Waals surface area contributed by atoms with Gasteiger partial charge in [0.1, 0.15) is 23.9 Å². The monoisotopic (exact) mass is 289 g/mol. The van der Waals surface area contributed by atoms with Crippen molar-refractivity contribution < 1.29 is 18.7 Å². The molecule has 0 aliphatic carbocycles. The average molecular weight is 289 g/mol. The second-order valence-corrected chi connectivity index (χ2v) is 4.33. The van der Waals surface area contributed by atoms with Crippen LogP contribution in [0.25, 0.3) is 0 Å². The van der Waals surface area contributed by atoms with Gasteiger partial charge in [0.15, 0.2) is 0 Å². The molecule has 7 nitrogen and oxygen atoms in total. The smallest absolute Gasteiger partial charge is 0.268 e. The van der Waals surface area contributed by atoms with Gasteiger partial charge in [-0.1, -0.05) is 0 Å². The van der Waals surface area contributed by atoms with Crippen LogP contribution < -0.4 is 21.7 Å². The van der Waals surface area contributed by atoms with Crippen molar-refractivity contribution in [2.45, 2.75) is 13.5 Å². The van der Waals surface area contributed by atoms with E-state index in [1.54, 1.807) is 37.3 Å². The number of carbonyl (C=O) groups excluding carboxylic acids is 2. The van der Waals surface area contributed by atoms with Crippen LogP contribution in [0.3, 0.4) is 0 Å². The third-order valence-electron chi connectivity index (χ3n) is 2.86. The van der Waals surface area contributed by atoms with E-state index < -0.39 is 11.8 Å². The number of furan rings is 1. The quantitative estimate of drug-likeness (QED) is 0.428. The number of nitrogen functional groups attached to an aromatic ring is 1. The Hall–Kier alpha value is -2.80. The van der Waals surface area contributed by atoms with Crippen molar-refractivity contribution in [3.8, 4) is 5.75 Å². The van der Waals surface area contributed by atoms with Gasteiger partial charge >= 0.3 is 0 Å². The Bertz CT molecular complexity index is 661. The van der Waals surface area contributed by atoms with Gasteiger partial charge in [-0.05, 0) is 37.3 Å². The fraction of sp³-hybridized carbons (Fsp3) is 0.143. The molecule has 7 heteroatoms. The van der Waals surface area contributed by atoms with E-state index in [1.165, 1.54) is 0 Å². The summed E-state index contributed by atoms with van der Waals surface area (Å²) in [7, 11) is 0. The van der Waals surface area contributed by atoms with E-state index in [0.29, 0.717) is 28.4 Å². The Morgan fingerprint density at radius 3 is 2.52 bits per heavy atom. The fourth-order valence-electron chi connectivity index (χ4n) is 1.79. The van der Waals surface area contributed by atoms with E-state index >= 15 is 0 Å². The van der Waals surface area contributed by atoms with E-state index in [1.807, 2.05) is 5.43 Å². The first kappa shape index (κ1) is 14.6. The van der Waals surface area contributed by atoms with Crippen molar-refractivity contribution in [1.29, 1.82) is 0 Å². The van der Waals surface area contributed by atoms with Crippen LogP contribution in [0.1, 0.15) is 32.2 Å². The maximum Gasteiger partial charge on any atom is 0.268 e. The first-order chi connectivity index (χ1) is 10.0. The lowest BCUT2D eigenvalue weighted by molar-refractivity contribution is 0.0950. The van der Waals surface area contributed by atoms with Crippen LogP contribution in [0.15, 0.2) is 34.7 Å². The van der Waals surface area contributed by atoms with Crippen molar-refractivity contribution in [3.05, 3.63) is 53.0 Å². The highest BCUT2D eigenvalue weighted by Gasteiger charge is 2.14. The minimum Gasteiger partial charge on any atom is -0.486 e. The highest BCUT2D eigenvalue weighted by Crippen LogP contribution is 2.18. The second kappa shape index (κ2) is 6.10. The molecule has 2 rings (SSSR count). The van der Waals surface area contributed by atoms with Crippen LogP contribution in [0, 0.1) is 6.92 Å². The summed E-state index contributed by atoms with van der Waals surface area (Å²) < 4.78 is 10.9.